The molecular formula is C13H19BrN2O. The van der Waals surface area contributed by atoms with Crippen molar-refractivity contribution in [1.82, 2.24) is 4.98 Å². The lowest BCUT2D eigenvalue weighted by atomic mass is 9.94. The Kier molecular flexibility index (Phi) is 4.26. The molecule has 0 N–H and O–H groups in total. The number of ether oxygens (including phenoxy) is 1. The minimum atomic E-state index is 0.531. The first-order valence-electron chi connectivity index (χ1n) is 6.10. The van der Waals surface area contributed by atoms with Crippen molar-refractivity contribution in [2.75, 3.05) is 19.1 Å². The zero-order chi connectivity index (χ0) is 12.3. The lowest BCUT2D eigenvalue weighted by Crippen LogP contribution is -2.41. The smallest absolute Gasteiger partial charge is 0.214 e. The van der Waals surface area contributed by atoms with Crippen LogP contribution < -0.4 is 9.64 Å². The average molecular weight is 299 g/mol. The van der Waals surface area contributed by atoms with Gasteiger partial charge in [0.2, 0.25) is 5.88 Å². The van der Waals surface area contributed by atoms with E-state index < -0.39 is 0 Å². The predicted molar refractivity (Wildman–Crippen MR) is 74.2 cm³/mol. The Hall–Kier alpha value is -0.770. The molecule has 0 saturated heterocycles. The van der Waals surface area contributed by atoms with E-state index in [1.165, 1.54) is 25.7 Å². The van der Waals surface area contributed by atoms with Crippen molar-refractivity contribution in [2.24, 2.45) is 0 Å². The van der Waals surface area contributed by atoms with Gasteiger partial charge in [0.1, 0.15) is 5.82 Å². The van der Waals surface area contributed by atoms with Crippen molar-refractivity contribution in [3.8, 4) is 5.88 Å². The monoisotopic (exact) mass is 298 g/mol. The van der Waals surface area contributed by atoms with Gasteiger partial charge in [-0.25, -0.2) is 0 Å². The van der Waals surface area contributed by atoms with Crippen LogP contribution in [-0.2, 0) is 0 Å². The van der Waals surface area contributed by atoms with Crippen LogP contribution in [0.2, 0.25) is 0 Å². The molecule has 0 aromatic carbocycles. The van der Waals surface area contributed by atoms with E-state index >= 15 is 0 Å². The normalized spacial score (nSPS) is 24.4. The third-order valence-electron chi connectivity index (χ3n) is 3.42. The van der Waals surface area contributed by atoms with Crippen LogP contribution in [-0.4, -0.2) is 30.0 Å². The number of nitrogens with zero attached hydrogens (tertiary/aromatic N) is 2. The summed E-state index contributed by atoms with van der Waals surface area (Å²) >= 11 is 3.79. The van der Waals surface area contributed by atoms with Crippen molar-refractivity contribution in [3.05, 3.63) is 18.2 Å². The van der Waals surface area contributed by atoms with Crippen LogP contribution in [0.1, 0.15) is 25.7 Å². The number of rotatable bonds is 3. The van der Waals surface area contributed by atoms with Crippen LogP contribution in [0.5, 0.6) is 5.88 Å². The summed E-state index contributed by atoms with van der Waals surface area (Å²) in [5, 5.41) is 0. The van der Waals surface area contributed by atoms with E-state index in [9.17, 15) is 0 Å². The highest BCUT2D eigenvalue weighted by atomic mass is 79.9. The third kappa shape index (κ3) is 2.92. The quantitative estimate of drug-likeness (QED) is 0.801. The molecule has 3 nitrogen and oxygen atoms in total. The van der Waals surface area contributed by atoms with E-state index in [4.69, 9.17) is 4.74 Å². The van der Waals surface area contributed by atoms with Crippen molar-refractivity contribution in [2.45, 2.75) is 36.6 Å². The predicted octanol–water partition coefficient (Wildman–Crippen LogP) is 3.23. The number of methoxy groups -OCH3 is 1. The van der Waals surface area contributed by atoms with Crippen LogP contribution >= 0.6 is 15.9 Å². The molecule has 2 unspecified atom stereocenters. The van der Waals surface area contributed by atoms with Crippen molar-refractivity contribution < 1.29 is 4.74 Å². The molecule has 0 bridgehead atoms. The summed E-state index contributed by atoms with van der Waals surface area (Å²) in [4.78, 5) is 7.31. The van der Waals surface area contributed by atoms with E-state index in [0.29, 0.717) is 16.7 Å². The van der Waals surface area contributed by atoms with Crippen LogP contribution in [0.15, 0.2) is 18.2 Å². The summed E-state index contributed by atoms with van der Waals surface area (Å²) in [6, 6.07) is 6.44. The molecule has 1 fully saturated rings. The maximum Gasteiger partial charge on any atom is 0.214 e. The van der Waals surface area contributed by atoms with Gasteiger partial charge in [0.15, 0.2) is 0 Å². The Morgan fingerprint density at radius 2 is 2.12 bits per heavy atom. The van der Waals surface area contributed by atoms with Gasteiger partial charge in [-0.2, -0.15) is 4.98 Å². The molecular weight excluding hydrogens is 280 g/mol. The second kappa shape index (κ2) is 5.71. The van der Waals surface area contributed by atoms with Crippen LogP contribution in [0.4, 0.5) is 5.82 Å². The van der Waals surface area contributed by atoms with Gasteiger partial charge in [-0.1, -0.05) is 34.8 Å². The third-order valence-corrected chi connectivity index (χ3v) is 4.49. The van der Waals surface area contributed by atoms with Gasteiger partial charge in [0.05, 0.1) is 7.11 Å². The number of hydrogen-bond donors (Lipinski definition) is 0. The molecule has 94 valence electrons. The molecule has 4 heteroatoms. The average Bonchev–Trinajstić information content (AvgIpc) is 2.38. The van der Waals surface area contributed by atoms with Gasteiger partial charge in [0, 0.05) is 24.0 Å². The molecule has 17 heavy (non-hydrogen) atoms. The zero-order valence-corrected chi connectivity index (χ0v) is 12.0. The van der Waals surface area contributed by atoms with Crippen LogP contribution in [0.3, 0.4) is 0 Å². The molecule has 2 rings (SSSR count). The fourth-order valence-corrected chi connectivity index (χ4v) is 3.33. The molecule has 1 aromatic rings. The van der Waals surface area contributed by atoms with Crippen molar-refractivity contribution in [1.29, 1.82) is 0 Å². The van der Waals surface area contributed by atoms with Crippen molar-refractivity contribution >= 4 is 21.7 Å². The molecule has 0 radical (unpaired) electrons. The lowest BCUT2D eigenvalue weighted by Gasteiger charge is -2.35. The topological polar surface area (TPSA) is 25.4 Å². The first-order valence-corrected chi connectivity index (χ1v) is 7.02. The number of halogens is 1. The first-order chi connectivity index (χ1) is 8.22. The number of alkyl halides is 1. The summed E-state index contributed by atoms with van der Waals surface area (Å²) in [7, 11) is 3.77. The summed E-state index contributed by atoms with van der Waals surface area (Å²) in [6.45, 7) is 0. The molecule has 2 atom stereocenters. The lowest BCUT2D eigenvalue weighted by molar-refractivity contribution is 0.395. The van der Waals surface area contributed by atoms with Gasteiger partial charge < -0.3 is 9.64 Å². The highest BCUT2D eigenvalue weighted by Gasteiger charge is 2.27. The maximum atomic E-state index is 5.17. The maximum absolute atomic E-state index is 5.17. The Morgan fingerprint density at radius 3 is 2.82 bits per heavy atom. The largest absolute Gasteiger partial charge is 0.481 e. The van der Waals surface area contributed by atoms with E-state index in [2.05, 4.69) is 32.9 Å². The molecule has 1 saturated carbocycles. The zero-order valence-electron chi connectivity index (χ0n) is 10.4. The summed E-state index contributed by atoms with van der Waals surface area (Å²) < 4.78 is 5.17. The molecule has 0 spiro atoms. The summed E-state index contributed by atoms with van der Waals surface area (Å²) in [6.07, 6.45) is 5.11. The van der Waals surface area contributed by atoms with Crippen LogP contribution in [0.25, 0.3) is 0 Å². The number of pyridine rings is 1. The standard InChI is InChI=1S/C13H19BrN2O/c1-16(11-7-4-3-6-10(11)14)12-8-5-9-13(15-12)17-2/h5,8-11H,3-4,6-7H2,1-2H3. The van der Waals surface area contributed by atoms with E-state index in [1.54, 1.807) is 7.11 Å². The Labute approximate surface area is 111 Å². The van der Waals surface area contributed by atoms with Gasteiger partial charge in [0.25, 0.3) is 0 Å². The molecule has 0 aliphatic heterocycles. The molecule has 1 aliphatic carbocycles. The highest BCUT2D eigenvalue weighted by molar-refractivity contribution is 9.09. The number of hydrogen-bond acceptors (Lipinski definition) is 3. The minimum Gasteiger partial charge on any atom is -0.481 e. The van der Waals surface area contributed by atoms with Gasteiger partial charge in [-0.05, 0) is 18.9 Å². The molecule has 1 aromatic heterocycles. The fourth-order valence-electron chi connectivity index (χ4n) is 2.39. The van der Waals surface area contributed by atoms with E-state index in [0.717, 1.165) is 5.82 Å². The van der Waals surface area contributed by atoms with Crippen molar-refractivity contribution in [3.63, 3.8) is 0 Å². The Balaban J connectivity index is 2.14. The molecule has 1 aliphatic rings. The van der Waals surface area contributed by atoms with Gasteiger partial charge in [-0.3, -0.25) is 0 Å². The summed E-state index contributed by atoms with van der Waals surface area (Å²) in [5.41, 5.74) is 0. The molecule has 1 heterocycles. The number of aromatic nitrogens is 1. The second-order valence-electron chi connectivity index (χ2n) is 4.52. The fraction of sp³-hybridized carbons (Fsp3) is 0.615. The van der Waals surface area contributed by atoms with E-state index in [-0.39, 0.29) is 0 Å². The first kappa shape index (κ1) is 12.7. The van der Waals surface area contributed by atoms with Crippen LogP contribution in [0, 0.1) is 0 Å². The SMILES string of the molecule is COc1cccc(N(C)C2CCCCC2Br)n1. The van der Waals surface area contributed by atoms with E-state index in [1.807, 2.05) is 18.2 Å². The second-order valence-corrected chi connectivity index (χ2v) is 5.69. The Morgan fingerprint density at radius 1 is 1.35 bits per heavy atom. The number of anilines is 1. The Bertz CT molecular complexity index is 372. The van der Waals surface area contributed by atoms with Gasteiger partial charge >= 0.3 is 0 Å². The highest BCUT2D eigenvalue weighted by Crippen LogP contribution is 2.30. The minimum absolute atomic E-state index is 0.531. The summed E-state index contributed by atoms with van der Waals surface area (Å²) in [5.74, 6) is 1.66. The van der Waals surface area contributed by atoms with Gasteiger partial charge in [-0.15, -0.1) is 0 Å². The molecule has 0 amide bonds.